The van der Waals surface area contributed by atoms with Gasteiger partial charge >= 0.3 is 0 Å². The fraction of sp³-hybridized carbons (Fsp3) is 0.533. The lowest BCUT2D eigenvalue weighted by atomic mass is 10.2. The maximum absolute atomic E-state index is 4.84. The summed E-state index contributed by atoms with van der Waals surface area (Å²) in [5.74, 6) is 0. The number of hydrogen-bond acceptors (Lipinski definition) is 4. The van der Waals surface area contributed by atoms with Crippen LogP contribution in [0.3, 0.4) is 0 Å². The van der Waals surface area contributed by atoms with Gasteiger partial charge in [0.25, 0.3) is 0 Å². The lowest BCUT2D eigenvalue weighted by Crippen LogP contribution is -2.24. The van der Waals surface area contributed by atoms with Gasteiger partial charge in [-0.05, 0) is 31.2 Å². The Balaban J connectivity index is 2.16. The number of nitrogens with one attached hydrogen (secondary N) is 1. The molecule has 2 nitrogen and oxygen atoms in total. The van der Waals surface area contributed by atoms with Gasteiger partial charge in [-0.25, -0.2) is 4.98 Å². The van der Waals surface area contributed by atoms with Gasteiger partial charge in [0.15, 0.2) is 0 Å². The van der Waals surface area contributed by atoms with Gasteiger partial charge in [-0.3, -0.25) is 0 Å². The molecule has 0 aromatic carbocycles. The lowest BCUT2D eigenvalue weighted by Gasteiger charge is -2.10. The molecule has 1 atom stereocenters. The molecule has 0 bridgehead atoms. The van der Waals surface area contributed by atoms with Crippen molar-refractivity contribution < 1.29 is 0 Å². The molecule has 19 heavy (non-hydrogen) atoms. The molecule has 2 aromatic rings. The van der Waals surface area contributed by atoms with Crippen LogP contribution in [0.2, 0.25) is 0 Å². The second-order valence-electron chi connectivity index (χ2n) is 4.81. The van der Waals surface area contributed by atoms with Gasteiger partial charge in [0, 0.05) is 17.5 Å². The van der Waals surface area contributed by atoms with Gasteiger partial charge < -0.3 is 5.32 Å². The summed E-state index contributed by atoms with van der Waals surface area (Å²) in [7, 11) is 0. The highest BCUT2D eigenvalue weighted by atomic mass is 32.1. The quantitative estimate of drug-likeness (QED) is 0.799. The molecule has 0 spiro atoms. The lowest BCUT2D eigenvalue weighted by molar-refractivity contribution is 0.535. The standard InChI is InChI=1S/C15H22N2S2/c1-4-7-12-14(10-16-11(3)5-2)19-15(17-12)13-8-6-9-18-13/h6,8-9,11,16H,4-5,7,10H2,1-3H3. The molecular weight excluding hydrogens is 272 g/mol. The number of thiazole rings is 1. The summed E-state index contributed by atoms with van der Waals surface area (Å²) < 4.78 is 0. The summed E-state index contributed by atoms with van der Waals surface area (Å²) in [5, 5.41) is 6.88. The first-order chi connectivity index (χ1) is 9.24. The van der Waals surface area contributed by atoms with Crippen molar-refractivity contribution in [1.29, 1.82) is 0 Å². The van der Waals surface area contributed by atoms with Crippen molar-refractivity contribution >= 4 is 22.7 Å². The Bertz CT molecular complexity index is 488. The SMILES string of the molecule is CCCc1nc(-c2cccs2)sc1CNC(C)CC. The van der Waals surface area contributed by atoms with Gasteiger partial charge in [-0.15, -0.1) is 22.7 Å². The molecule has 0 fully saturated rings. The first kappa shape index (κ1) is 14.7. The Morgan fingerprint density at radius 3 is 2.84 bits per heavy atom. The third-order valence-electron chi connectivity index (χ3n) is 3.22. The number of rotatable bonds is 7. The zero-order valence-corrected chi connectivity index (χ0v) is 13.5. The predicted molar refractivity (Wildman–Crippen MR) is 86.0 cm³/mol. The molecule has 4 heteroatoms. The fourth-order valence-corrected chi connectivity index (χ4v) is 3.73. The second kappa shape index (κ2) is 7.17. The minimum absolute atomic E-state index is 0.571. The zero-order chi connectivity index (χ0) is 13.7. The van der Waals surface area contributed by atoms with Crippen LogP contribution in [0.4, 0.5) is 0 Å². The van der Waals surface area contributed by atoms with Crippen molar-refractivity contribution in [3.05, 3.63) is 28.1 Å². The minimum Gasteiger partial charge on any atom is -0.309 e. The molecule has 0 amide bonds. The van der Waals surface area contributed by atoms with Gasteiger partial charge in [-0.1, -0.05) is 26.3 Å². The van der Waals surface area contributed by atoms with E-state index in [9.17, 15) is 0 Å². The highest BCUT2D eigenvalue weighted by molar-refractivity contribution is 7.21. The van der Waals surface area contributed by atoms with E-state index in [0.717, 1.165) is 19.4 Å². The first-order valence-corrected chi connectivity index (χ1v) is 8.70. The van der Waals surface area contributed by atoms with Crippen LogP contribution < -0.4 is 5.32 Å². The number of aryl methyl sites for hydroxylation is 1. The van der Waals surface area contributed by atoms with E-state index in [-0.39, 0.29) is 0 Å². The summed E-state index contributed by atoms with van der Waals surface area (Å²) >= 11 is 3.62. The van der Waals surface area contributed by atoms with E-state index < -0.39 is 0 Å². The highest BCUT2D eigenvalue weighted by Gasteiger charge is 2.13. The van der Waals surface area contributed by atoms with Crippen molar-refractivity contribution in [3.63, 3.8) is 0 Å². The maximum atomic E-state index is 4.84. The van der Waals surface area contributed by atoms with E-state index in [1.165, 1.54) is 26.9 Å². The Morgan fingerprint density at radius 1 is 1.37 bits per heavy atom. The molecule has 0 aliphatic rings. The number of thiophene rings is 1. The van der Waals surface area contributed by atoms with Gasteiger partial charge in [0.1, 0.15) is 5.01 Å². The van der Waals surface area contributed by atoms with E-state index in [0.29, 0.717) is 6.04 Å². The Morgan fingerprint density at radius 2 is 2.21 bits per heavy atom. The summed E-state index contributed by atoms with van der Waals surface area (Å²) in [6.07, 6.45) is 3.41. The van der Waals surface area contributed by atoms with Crippen molar-refractivity contribution in [2.45, 2.75) is 52.6 Å². The smallest absolute Gasteiger partial charge is 0.133 e. The summed E-state index contributed by atoms with van der Waals surface area (Å²) in [4.78, 5) is 7.53. The monoisotopic (exact) mass is 294 g/mol. The molecule has 1 N–H and O–H groups in total. The van der Waals surface area contributed by atoms with Crippen molar-refractivity contribution in [3.8, 4) is 9.88 Å². The van der Waals surface area contributed by atoms with Gasteiger partial charge in [0.05, 0.1) is 10.6 Å². The van der Waals surface area contributed by atoms with Crippen LogP contribution in [0.5, 0.6) is 0 Å². The Labute approximate surface area is 123 Å². The maximum Gasteiger partial charge on any atom is 0.133 e. The molecule has 2 rings (SSSR count). The molecular formula is C15H22N2S2. The molecule has 2 heterocycles. The Kier molecular flexibility index (Phi) is 5.55. The van der Waals surface area contributed by atoms with Crippen LogP contribution in [0.25, 0.3) is 9.88 Å². The third-order valence-corrected chi connectivity index (χ3v) is 5.36. The molecule has 0 aliphatic heterocycles. The number of nitrogens with zero attached hydrogens (tertiary/aromatic N) is 1. The predicted octanol–water partition coefficient (Wildman–Crippen LogP) is 4.71. The third kappa shape index (κ3) is 3.88. The van der Waals surface area contributed by atoms with Crippen LogP contribution in [0.15, 0.2) is 17.5 Å². The van der Waals surface area contributed by atoms with Crippen molar-refractivity contribution in [1.82, 2.24) is 10.3 Å². The normalized spacial score (nSPS) is 12.8. The molecule has 0 saturated heterocycles. The van der Waals surface area contributed by atoms with Crippen LogP contribution in [-0.2, 0) is 13.0 Å². The second-order valence-corrected chi connectivity index (χ2v) is 6.84. The van der Waals surface area contributed by atoms with Crippen LogP contribution in [-0.4, -0.2) is 11.0 Å². The van der Waals surface area contributed by atoms with E-state index in [4.69, 9.17) is 4.98 Å². The molecule has 1 unspecified atom stereocenters. The average Bonchev–Trinajstić information content (AvgIpc) is 3.05. The van der Waals surface area contributed by atoms with Crippen LogP contribution in [0, 0.1) is 0 Å². The topological polar surface area (TPSA) is 24.9 Å². The van der Waals surface area contributed by atoms with Crippen molar-refractivity contribution in [2.24, 2.45) is 0 Å². The van der Waals surface area contributed by atoms with E-state index in [1.807, 2.05) is 11.3 Å². The van der Waals surface area contributed by atoms with E-state index in [2.05, 4.69) is 43.6 Å². The highest BCUT2D eigenvalue weighted by Crippen LogP contribution is 2.31. The molecule has 0 saturated carbocycles. The molecule has 0 radical (unpaired) electrons. The fourth-order valence-electron chi connectivity index (χ4n) is 1.87. The molecule has 104 valence electrons. The van der Waals surface area contributed by atoms with Crippen LogP contribution in [0.1, 0.15) is 44.2 Å². The van der Waals surface area contributed by atoms with Crippen LogP contribution >= 0.6 is 22.7 Å². The summed E-state index contributed by atoms with van der Waals surface area (Å²) in [6, 6.07) is 4.82. The van der Waals surface area contributed by atoms with Gasteiger partial charge in [0.2, 0.25) is 0 Å². The van der Waals surface area contributed by atoms with E-state index >= 15 is 0 Å². The van der Waals surface area contributed by atoms with E-state index in [1.54, 1.807) is 11.3 Å². The number of hydrogen-bond donors (Lipinski definition) is 1. The largest absolute Gasteiger partial charge is 0.309 e. The zero-order valence-electron chi connectivity index (χ0n) is 11.9. The molecule has 0 aliphatic carbocycles. The first-order valence-electron chi connectivity index (χ1n) is 7.00. The van der Waals surface area contributed by atoms with Crippen molar-refractivity contribution in [2.75, 3.05) is 0 Å². The van der Waals surface area contributed by atoms with Gasteiger partial charge in [-0.2, -0.15) is 0 Å². The Hall–Kier alpha value is -0.710. The summed E-state index contributed by atoms with van der Waals surface area (Å²) in [5.41, 5.74) is 1.28. The minimum atomic E-state index is 0.571. The summed E-state index contributed by atoms with van der Waals surface area (Å²) in [6.45, 7) is 7.62. The molecule has 2 aromatic heterocycles. The average molecular weight is 294 g/mol. The number of aromatic nitrogens is 1.